The molecule has 0 aliphatic carbocycles. The van der Waals surface area contributed by atoms with E-state index in [1.807, 2.05) is 0 Å². The first kappa shape index (κ1) is 17.6. The van der Waals surface area contributed by atoms with Crippen LogP contribution in [0.1, 0.15) is 11.1 Å². The van der Waals surface area contributed by atoms with Gasteiger partial charge in [-0.25, -0.2) is 0 Å². The van der Waals surface area contributed by atoms with E-state index in [1.165, 1.54) is 22.3 Å². The summed E-state index contributed by atoms with van der Waals surface area (Å²) in [4.78, 5) is 2.27. The Morgan fingerprint density at radius 3 is 2.15 bits per heavy atom. The van der Waals surface area contributed by atoms with Gasteiger partial charge in [0.25, 0.3) is 0 Å². The summed E-state index contributed by atoms with van der Waals surface area (Å²) in [5, 5.41) is 0. The van der Waals surface area contributed by atoms with Crippen LogP contribution in [0.2, 0.25) is 0 Å². The quantitative estimate of drug-likeness (QED) is 0.428. The van der Waals surface area contributed by atoms with Gasteiger partial charge in [0, 0.05) is 22.9 Å². The van der Waals surface area contributed by atoms with Crippen molar-refractivity contribution in [3.8, 4) is 11.1 Å². The molecule has 1 heterocycles. The zero-order chi connectivity index (χ0) is 18.6. The van der Waals surface area contributed by atoms with Gasteiger partial charge < -0.3 is 4.90 Å². The van der Waals surface area contributed by atoms with Crippen LogP contribution < -0.4 is 4.90 Å². The molecule has 1 aliphatic rings. The van der Waals surface area contributed by atoms with Crippen molar-refractivity contribution >= 4 is 27.7 Å². The number of halogens is 1. The second-order valence-electron chi connectivity index (χ2n) is 6.60. The van der Waals surface area contributed by atoms with E-state index in [-0.39, 0.29) is 0 Å². The van der Waals surface area contributed by atoms with E-state index < -0.39 is 0 Å². The number of hydrogen-bond donors (Lipinski definition) is 0. The predicted molar refractivity (Wildman–Crippen MR) is 120 cm³/mol. The van der Waals surface area contributed by atoms with E-state index in [0.29, 0.717) is 0 Å². The molecule has 0 fully saturated rings. The van der Waals surface area contributed by atoms with Crippen molar-refractivity contribution in [3.63, 3.8) is 0 Å². The fourth-order valence-electron chi connectivity index (χ4n) is 3.18. The standard InChI is InChI=1S/C25H20BrN/c1-19-6-7-20-4-2-3-5-23(20)18-27(17-16-19)25-14-10-22(11-15-25)21-8-12-24(26)13-9-21/h2-17H,1,18H2/b7-6-,17-16?. The Balaban J connectivity index is 1.66. The van der Waals surface area contributed by atoms with E-state index in [2.05, 4.69) is 125 Å². The predicted octanol–water partition coefficient (Wildman–Crippen LogP) is 7.22. The number of nitrogens with zero attached hydrogens (tertiary/aromatic N) is 1. The second kappa shape index (κ2) is 7.81. The highest BCUT2D eigenvalue weighted by atomic mass is 79.9. The van der Waals surface area contributed by atoms with Crippen molar-refractivity contribution in [2.45, 2.75) is 6.54 Å². The summed E-state index contributed by atoms with van der Waals surface area (Å²) in [6.45, 7) is 4.94. The maximum absolute atomic E-state index is 4.12. The van der Waals surface area contributed by atoms with Gasteiger partial charge in [0.2, 0.25) is 0 Å². The highest BCUT2D eigenvalue weighted by molar-refractivity contribution is 9.10. The zero-order valence-corrected chi connectivity index (χ0v) is 16.6. The van der Waals surface area contributed by atoms with E-state index in [0.717, 1.165) is 22.3 Å². The third-order valence-corrected chi connectivity index (χ3v) is 5.25. The molecule has 2 heteroatoms. The highest BCUT2D eigenvalue weighted by Gasteiger charge is 2.09. The second-order valence-corrected chi connectivity index (χ2v) is 7.52. The molecule has 0 radical (unpaired) electrons. The SMILES string of the molecule is C=C1C=CN(c2ccc(-c3ccc(Br)cc3)cc2)Cc2ccccc2/C=C\1. The van der Waals surface area contributed by atoms with Gasteiger partial charge >= 0.3 is 0 Å². The Kier molecular flexibility index (Phi) is 5.08. The topological polar surface area (TPSA) is 3.24 Å². The summed E-state index contributed by atoms with van der Waals surface area (Å²) < 4.78 is 1.09. The first-order valence-corrected chi connectivity index (χ1v) is 9.74. The van der Waals surface area contributed by atoms with Crippen LogP contribution in [-0.4, -0.2) is 0 Å². The fourth-order valence-corrected chi connectivity index (χ4v) is 3.44. The minimum Gasteiger partial charge on any atom is -0.344 e. The summed E-state index contributed by atoms with van der Waals surface area (Å²) in [5.41, 5.74) is 7.11. The van der Waals surface area contributed by atoms with Crippen LogP contribution in [0.4, 0.5) is 5.69 Å². The van der Waals surface area contributed by atoms with Gasteiger partial charge in [-0.1, -0.05) is 83.2 Å². The van der Waals surface area contributed by atoms with Crippen LogP contribution in [0.3, 0.4) is 0 Å². The smallest absolute Gasteiger partial charge is 0.0481 e. The number of benzene rings is 3. The van der Waals surface area contributed by atoms with Crippen LogP contribution in [0.15, 0.2) is 108 Å². The minimum absolute atomic E-state index is 0.821. The van der Waals surface area contributed by atoms with Crippen molar-refractivity contribution in [2.24, 2.45) is 0 Å². The molecule has 0 atom stereocenters. The summed E-state index contributed by atoms with van der Waals surface area (Å²) in [6.07, 6.45) is 8.38. The molecule has 132 valence electrons. The van der Waals surface area contributed by atoms with Crippen molar-refractivity contribution in [3.05, 3.63) is 119 Å². The maximum Gasteiger partial charge on any atom is 0.0481 e. The van der Waals surface area contributed by atoms with E-state index >= 15 is 0 Å². The average Bonchev–Trinajstić information content (AvgIpc) is 2.78. The molecule has 27 heavy (non-hydrogen) atoms. The van der Waals surface area contributed by atoms with Crippen LogP contribution in [0.5, 0.6) is 0 Å². The van der Waals surface area contributed by atoms with Crippen LogP contribution >= 0.6 is 15.9 Å². The Hall–Kier alpha value is -2.84. The number of allylic oxidation sites excluding steroid dienone is 3. The normalized spacial score (nSPS) is 14.9. The highest BCUT2D eigenvalue weighted by Crippen LogP contribution is 2.27. The molecule has 3 aromatic rings. The van der Waals surface area contributed by atoms with Crippen LogP contribution in [-0.2, 0) is 6.54 Å². The Bertz CT molecular complexity index is 1010. The molecule has 1 aliphatic heterocycles. The van der Waals surface area contributed by atoms with Gasteiger partial charge in [-0.3, -0.25) is 0 Å². The molecule has 0 saturated carbocycles. The number of rotatable bonds is 2. The van der Waals surface area contributed by atoms with Gasteiger partial charge in [0.15, 0.2) is 0 Å². The van der Waals surface area contributed by atoms with Gasteiger partial charge in [0.1, 0.15) is 0 Å². The average molecular weight is 414 g/mol. The summed E-state index contributed by atoms with van der Waals surface area (Å²) in [5.74, 6) is 0. The fraction of sp³-hybridized carbons (Fsp3) is 0.0400. The van der Waals surface area contributed by atoms with Crippen LogP contribution in [0.25, 0.3) is 17.2 Å². The first-order valence-electron chi connectivity index (χ1n) is 8.95. The van der Waals surface area contributed by atoms with Crippen molar-refractivity contribution in [1.29, 1.82) is 0 Å². The lowest BCUT2D eigenvalue weighted by Gasteiger charge is -2.22. The Labute approximate surface area is 169 Å². The van der Waals surface area contributed by atoms with Crippen molar-refractivity contribution in [2.75, 3.05) is 4.90 Å². The molecule has 0 aromatic heterocycles. The third kappa shape index (κ3) is 4.12. The summed E-state index contributed by atoms with van der Waals surface area (Å²) >= 11 is 3.49. The number of hydrogen-bond acceptors (Lipinski definition) is 1. The lowest BCUT2D eigenvalue weighted by molar-refractivity contribution is 0.965. The molecule has 0 bridgehead atoms. The van der Waals surface area contributed by atoms with Crippen molar-refractivity contribution < 1.29 is 0 Å². The largest absolute Gasteiger partial charge is 0.344 e. The molecule has 0 spiro atoms. The minimum atomic E-state index is 0.821. The maximum atomic E-state index is 4.12. The van der Waals surface area contributed by atoms with Gasteiger partial charge in [0.05, 0.1) is 0 Å². The molecule has 4 rings (SSSR count). The third-order valence-electron chi connectivity index (χ3n) is 4.72. The molecular formula is C25H20BrN. The van der Waals surface area contributed by atoms with Gasteiger partial charge in [-0.2, -0.15) is 0 Å². The molecule has 0 N–H and O–H groups in total. The lowest BCUT2D eigenvalue weighted by Crippen LogP contribution is -2.15. The van der Waals surface area contributed by atoms with Gasteiger partial charge in [-0.15, -0.1) is 0 Å². The zero-order valence-electron chi connectivity index (χ0n) is 15.0. The van der Waals surface area contributed by atoms with Gasteiger partial charge in [-0.05, 0) is 58.2 Å². The summed E-state index contributed by atoms with van der Waals surface area (Å²) in [7, 11) is 0. The molecular weight excluding hydrogens is 394 g/mol. The first-order chi connectivity index (χ1) is 13.2. The Morgan fingerprint density at radius 2 is 1.41 bits per heavy atom. The van der Waals surface area contributed by atoms with E-state index in [1.54, 1.807) is 0 Å². The van der Waals surface area contributed by atoms with E-state index in [4.69, 9.17) is 0 Å². The van der Waals surface area contributed by atoms with Crippen LogP contribution in [0, 0.1) is 0 Å². The monoisotopic (exact) mass is 413 g/mol. The molecule has 0 amide bonds. The number of fused-ring (bicyclic) bond motifs is 1. The molecule has 0 saturated heterocycles. The number of anilines is 1. The molecule has 0 unspecified atom stereocenters. The van der Waals surface area contributed by atoms with E-state index in [9.17, 15) is 0 Å². The molecule has 3 aromatic carbocycles. The molecule has 1 nitrogen and oxygen atoms in total. The summed E-state index contributed by atoms with van der Waals surface area (Å²) in [6, 6.07) is 25.6. The lowest BCUT2D eigenvalue weighted by atomic mass is 10.0. The van der Waals surface area contributed by atoms with Crippen molar-refractivity contribution in [1.82, 2.24) is 0 Å². The Morgan fingerprint density at radius 1 is 0.741 bits per heavy atom.